The SMILES string of the molecule is CCc1ccc(N)cc1S(=O)(=O)NC1(CC)CCC1. The molecule has 0 unspecified atom stereocenters. The van der Waals surface area contributed by atoms with Crippen LogP contribution in [-0.4, -0.2) is 14.0 Å². The summed E-state index contributed by atoms with van der Waals surface area (Å²) in [7, 11) is -3.49. The van der Waals surface area contributed by atoms with E-state index in [2.05, 4.69) is 4.72 Å². The van der Waals surface area contributed by atoms with Crippen LogP contribution in [0.1, 0.15) is 45.1 Å². The lowest BCUT2D eigenvalue weighted by Crippen LogP contribution is -2.52. The molecule has 1 aromatic rings. The average molecular weight is 282 g/mol. The van der Waals surface area contributed by atoms with Crippen molar-refractivity contribution in [3.05, 3.63) is 23.8 Å². The molecule has 4 nitrogen and oxygen atoms in total. The van der Waals surface area contributed by atoms with Gasteiger partial charge in [-0.3, -0.25) is 0 Å². The first-order valence-corrected chi connectivity index (χ1v) is 8.33. The van der Waals surface area contributed by atoms with E-state index < -0.39 is 10.0 Å². The highest BCUT2D eigenvalue weighted by Crippen LogP contribution is 2.36. The molecule has 0 amide bonds. The molecule has 0 aliphatic heterocycles. The number of sulfonamides is 1. The highest BCUT2D eigenvalue weighted by Gasteiger charge is 2.39. The fourth-order valence-electron chi connectivity index (χ4n) is 2.58. The number of hydrogen-bond donors (Lipinski definition) is 2. The molecule has 0 radical (unpaired) electrons. The Bertz CT molecular complexity index is 557. The summed E-state index contributed by atoms with van der Waals surface area (Å²) in [6.07, 6.45) is 4.44. The molecule has 0 atom stereocenters. The Morgan fingerprint density at radius 1 is 1.32 bits per heavy atom. The van der Waals surface area contributed by atoms with Crippen LogP contribution in [0.25, 0.3) is 0 Å². The van der Waals surface area contributed by atoms with E-state index in [4.69, 9.17) is 5.73 Å². The third-order valence-electron chi connectivity index (χ3n) is 4.10. The van der Waals surface area contributed by atoms with Crippen molar-refractivity contribution in [1.29, 1.82) is 0 Å². The fourth-order valence-corrected chi connectivity index (χ4v) is 4.46. The van der Waals surface area contributed by atoms with Gasteiger partial charge in [-0.15, -0.1) is 0 Å². The Hall–Kier alpha value is -1.07. The first-order chi connectivity index (χ1) is 8.92. The van der Waals surface area contributed by atoms with Gasteiger partial charge < -0.3 is 5.73 Å². The lowest BCUT2D eigenvalue weighted by atomic mass is 9.76. The lowest BCUT2D eigenvalue weighted by Gasteiger charge is -2.41. The van der Waals surface area contributed by atoms with Crippen molar-refractivity contribution >= 4 is 15.7 Å². The molecule has 0 bridgehead atoms. The molecule has 1 fully saturated rings. The number of nitrogens with two attached hydrogens (primary N) is 1. The minimum Gasteiger partial charge on any atom is -0.399 e. The first-order valence-electron chi connectivity index (χ1n) is 6.85. The fraction of sp³-hybridized carbons (Fsp3) is 0.571. The molecule has 3 N–H and O–H groups in total. The van der Waals surface area contributed by atoms with E-state index in [-0.39, 0.29) is 5.54 Å². The monoisotopic (exact) mass is 282 g/mol. The van der Waals surface area contributed by atoms with Crippen LogP contribution in [0.15, 0.2) is 23.1 Å². The minimum absolute atomic E-state index is 0.242. The summed E-state index contributed by atoms with van der Waals surface area (Å²) in [6.45, 7) is 3.98. The predicted octanol–water partition coefficient (Wildman–Crippen LogP) is 2.44. The molecule has 0 aromatic heterocycles. The molecule has 19 heavy (non-hydrogen) atoms. The smallest absolute Gasteiger partial charge is 0.241 e. The Kier molecular flexibility index (Phi) is 3.87. The number of benzene rings is 1. The van der Waals surface area contributed by atoms with Gasteiger partial charge in [-0.05, 0) is 49.8 Å². The average Bonchev–Trinajstić information content (AvgIpc) is 2.34. The van der Waals surface area contributed by atoms with Gasteiger partial charge in [0.05, 0.1) is 4.90 Å². The van der Waals surface area contributed by atoms with Gasteiger partial charge in [-0.2, -0.15) is 0 Å². The largest absolute Gasteiger partial charge is 0.399 e. The molecule has 1 aliphatic rings. The van der Waals surface area contributed by atoms with Crippen molar-refractivity contribution in [2.24, 2.45) is 0 Å². The second-order valence-electron chi connectivity index (χ2n) is 5.31. The van der Waals surface area contributed by atoms with Crippen molar-refractivity contribution < 1.29 is 8.42 Å². The minimum atomic E-state index is -3.49. The molecule has 0 spiro atoms. The zero-order chi connectivity index (χ0) is 14.1. The lowest BCUT2D eigenvalue weighted by molar-refractivity contribution is 0.214. The number of hydrogen-bond acceptors (Lipinski definition) is 3. The summed E-state index contributed by atoms with van der Waals surface area (Å²) >= 11 is 0. The Morgan fingerprint density at radius 2 is 2.00 bits per heavy atom. The van der Waals surface area contributed by atoms with Crippen LogP contribution in [0.5, 0.6) is 0 Å². The maximum atomic E-state index is 12.6. The molecular formula is C14H22N2O2S. The third kappa shape index (κ3) is 2.77. The van der Waals surface area contributed by atoms with E-state index in [1.807, 2.05) is 13.8 Å². The first kappa shape index (κ1) is 14.3. The molecule has 1 aromatic carbocycles. The standard InChI is InChI=1S/C14H22N2O2S/c1-3-11-6-7-12(15)10-13(11)19(17,18)16-14(4-2)8-5-9-14/h6-7,10,16H,3-5,8-9,15H2,1-2H3. The molecular weight excluding hydrogens is 260 g/mol. The van der Waals surface area contributed by atoms with Crippen LogP contribution in [0.3, 0.4) is 0 Å². The van der Waals surface area contributed by atoms with Crippen molar-refractivity contribution in [2.45, 2.75) is 56.4 Å². The Labute approximate surface area is 115 Å². The molecule has 0 saturated heterocycles. The number of anilines is 1. The van der Waals surface area contributed by atoms with Crippen LogP contribution in [0, 0.1) is 0 Å². The van der Waals surface area contributed by atoms with Gasteiger partial charge in [0.25, 0.3) is 0 Å². The summed E-state index contributed by atoms with van der Waals surface area (Å²) in [6, 6.07) is 5.10. The van der Waals surface area contributed by atoms with Crippen molar-refractivity contribution in [3.63, 3.8) is 0 Å². The van der Waals surface area contributed by atoms with E-state index in [9.17, 15) is 8.42 Å². The second-order valence-corrected chi connectivity index (χ2v) is 6.96. The maximum absolute atomic E-state index is 12.6. The van der Waals surface area contributed by atoms with E-state index in [1.165, 1.54) is 0 Å². The van der Waals surface area contributed by atoms with Gasteiger partial charge in [0, 0.05) is 11.2 Å². The number of nitrogen functional groups attached to an aromatic ring is 1. The number of rotatable bonds is 5. The highest BCUT2D eigenvalue weighted by molar-refractivity contribution is 7.89. The molecule has 1 saturated carbocycles. The molecule has 1 aliphatic carbocycles. The molecule has 2 rings (SSSR count). The topological polar surface area (TPSA) is 72.2 Å². The zero-order valence-corrected chi connectivity index (χ0v) is 12.4. The second kappa shape index (κ2) is 5.13. The Balaban J connectivity index is 2.36. The van der Waals surface area contributed by atoms with E-state index in [0.717, 1.165) is 31.2 Å². The number of aryl methyl sites for hydroxylation is 1. The number of nitrogens with one attached hydrogen (secondary N) is 1. The summed E-state index contributed by atoms with van der Waals surface area (Å²) < 4.78 is 28.0. The van der Waals surface area contributed by atoms with Crippen molar-refractivity contribution in [2.75, 3.05) is 5.73 Å². The van der Waals surface area contributed by atoms with Gasteiger partial charge in [0.15, 0.2) is 0 Å². The van der Waals surface area contributed by atoms with Crippen LogP contribution >= 0.6 is 0 Å². The summed E-state index contributed by atoms with van der Waals surface area (Å²) in [5, 5.41) is 0. The predicted molar refractivity (Wildman–Crippen MR) is 77.4 cm³/mol. The summed E-state index contributed by atoms with van der Waals surface area (Å²) in [4.78, 5) is 0.328. The van der Waals surface area contributed by atoms with Crippen LogP contribution < -0.4 is 10.5 Å². The normalized spacial score (nSPS) is 18.0. The third-order valence-corrected chi connectivity index (χ3v) is 5.76. The van der Waals surface area contributed by atoms with E-state index in [0.29, 0.717) is 17.0 Å². The summed E-state index contributed by atoms with van der Waals surface area (Å²) in [5.74, 6) is 0. The van der Waals surface area contributed by atoms with Gasteiger partial charge >= 0.3 is 0 Å². The van der Waals surface area contributed by atoms with Crippen LogP contribution in [-0.2, 0) is 16.4 Å². The van der Waals surface area contributed by atoms with Gasteiger partial charge in [-0.1, -0.05) is 19.9 Å². The van der Waals surface area contributed by atoms with Gasteiger partial charge in [0.2, 0.25) is 10.0 Å². The molecule has 5 heteroatoms. The Morgan fingerprint density at radius 3 is 2.47 bits per heavy atom. The van der Waals surface area contributed by atoms with Gasteiger partial charge in [-0.25, -0.2) is 13.1 Å². The van der Waals surface area contributed by atoms with E-state index in [1.54, 1.807) is 18.2 Å². The molecule has 0 heterocycles. The van der Waals surface area contributed by atoms with Crippen LogP contribution in [0.2, 0.25) is 0 Å². The van der Waals surface area contributed by atoms with Crippen molar-refractivity contribution in [3.8, 4) is 0 Å². The summed E-state index contributed by atoms with van der Waals surface area (Å²) in [5.41, 5.74) is 6.78. The van der Waals surface area contributed by atoms with E-state index >= 15 is 0 Å². The molecule has 106 valence electrons. The quantitative estimate of drug-likeness (QED) is 0.815. The maximum Gasteiger partial charge on any atom is 0.241 e. The van der Waals surface area contributed by atoms with Crippen molar-refractivity contribution in [1.82, 2.24) is 4.72 Å². The van der Waals surface area contributed by atoms with Gasteiger partial charge in [0.1, 0.15) is 0 Å². The zero-order valence-electron chi connectivity index (χ0n) is 11.6. The van der Waals surface area contributed by atoms with Crippen LogP contribution in [0.4, 0.5) is 5.69 Å². The highest BCUT2D eigenvalue weighted by atomic mass is 32.2.